The number of carboxylic acids is 1. The number of hydrogen-bond acceptors (Lipinski definition) is 5. The molecule has 0 radical (unpaired) electrons. The molecule has 0 saturated heterocycles. The predicted molar refractivity (Wildman–Crippen MR) is 87.5 cm³/mol. The molecule has 0 atom stereocenters. The molecule has 2 N–H and O–H groups in total. The fraction of sp³-hybridized carbons (Fsp3) is 0.312. The number of aromatic nitrogens is 1. The summed E-state index contributed by atoms with van der Waals surface area (Å²) in [6, 6.07) is 7.49. The summed E-state index contributed by atoms with van der Waals surface area (Å²) in [6.07, 6.45) is 0.876. The molecule has 0 aliphatic heterocycles. The van der Waals surface area contributed by atoms with E-state index in [9.17, 15) is 9.59 Å². The zero-order valence-corrected chi connectivity index (χ0v) is 13.6. The first-order valence-electron chi connectivity index (χ1n) is 7.22. The van der Waals surface area contributed by atoms with Gasteiger partial charge >= 0.3 is 5.97 Å². The molecule has 23 heavy (non-hydrogen) atoms. The average Bonchev–Trinajstić information content (AvgIpc) is 3.04. The normalized spacial score (nSPS) is 10.5. The highest BCUT2D eigenvalue weighted by molar-refractivity contribution is 7.13. The van der Waals surface area contributed by atoms with Gasteiger partial charge in [0.2, 0.25) is 5.91 Å². The molecule has 2 rings (SSSR count). The van der Waals surface area contributed by atoms with Crippen molar-refractivity contribution < 1.29 is 19.4 Å². The van der Waals surface area contributed by atoms with Gasteiger partial charge in [-0.3, -0.25) is 4.79 Å². The van der Waals surface area contributed by atoms with Crippen LogP contribution in [-0.4, -0.2) is 35.2 Å². The summed E-state index contributed by atoms with van der Waals surface area (Å²) < 4.78 is 5.18. The summed E-state index contributed by atoms with van der Waals surface area (Å²) in [5.41, 5.74) is 1.78. The van der Waals surface area contributed by atoms with Gasteiger partial charge in [0, 0.05) is 24.1 Å². The number of amides is 1. The Bertz CT molecular complexity index is 684. The van der Waals surface area contributed by atoms with Crippen molar-refractivity contribution in [2.45, 2.75) is 19.9 Å². The minimum atomic E-state index is -1.04. The maximum absolute atomic E-state index is 11.6. The largest absolute Gasteiger partial charge is 0.476 e. The Hall–Kier alpha value is -2.25. The van der Waals surface area contributed by atoms with Crippen LogP contribution >= 0.6 is 11.3 Å². The quantitative estimate of drug-likeness (QED) is 0.724. The molecule has 122 valence electrons. The van der Waals surface area contributed by atoms with Crippen molar-refractivity contribution >= 4 is 23.2 Å². The lowest BCUT2D eigenvalue weighted by Gasteiger charge is -2.07. The van der Waals surface area contributed by atoms with Crippen LogP contribution in [0.5, 0.6) is 0 Å². The van der Waals surface area contributed by atoms with Gasteiger partial charge in [-0.25, -0.2) is 9.78 Å². The van der Waals surface area contributed by atoms with Crippen LogP contribution in [-0.2, 0) is 16.1 Å². The lowest BCUT2D eigenvalue weighted by Crippen LogP contribution is -2.27. The van der Waals surface area contributed by atoms with Gasteiger partial charge in [-0.2, -0.15) is 0 Å². The van der Waals surface area contributed by atoms with Crippen LogP contribution in [0, 0.1) is 0 Å². The van der Waals surface area contributed by atoms with E-state index < -0.39 is 5.97 Å². The maximum Gasteiger partial charge on any atom is 0.355 e. The van der Waals surface area contributed by atoms with E-state index in [1.165, 1.54) is 16.7 Å². The maximum atomic E-state index is 11.6. The molecule has 0 aliphatic carbocycles. The van der Waals surface area contributed by atoms with Crippen LogP contribution in [0.2, 0.25) is 0 Å². The third kappa shape index (κ3) is 5.15. The molecule has 0 fully saturated rings. The van der Waals surface area contributed by atoms with Crippen LogP contribution in [0.1, 0.15) is 29.4 Å². The third-order valence-electron chi connectivity index (χ3n) is 2.97. The van der Waals surface area contributed by atoms with E-state index in [1.54, 1.807) is 0 Å². The van der Waals surface area contributed by atoms with Gasteiger partial charge in [0.15, 0.2) is 5.69 Å². The monoisotopic (exact) mass is 334 g/mol. The predicted octanol–water partition coefficient (Wildman–Crippen LogP) is 2.55. The van der Waals surface area contributed by atoms with E-state index in [4.69, 9.17) is 9.84 Å². The molecule has 1 amide bonds. The third-order valence-corrected chi connectivity index (χ3v) is 3.86. The number of carbonyl (C=O) groups is 2. The van der Waals surface area contributed by atoms with Gasteiger partial charge in [-0.1, -0.05) is 25.1 Å². The standard InChI is InChI=1S/C16H18N2O4S/c1-2-6-22-9-14(19)17-8-11-4-3-5-12(7-11)15-18-13(10-23-15)16(20)21/h3-5,7,10H,2,6,8-9H2,1H3,(H,17,19)(H,20,21). The van der Waals surface area contributed by atoms with Crippen LogP contribution in [0.4, 0.5) is 0 Å². The molecule has 1 aromatic carbocycles. The number of thiazole rings is 1. The first-order chi connectivity index (χ1) is 11.1. The molecule has 1 heterocycles. The molecule has 7 heteroatoms. The van der Waals surface area contributed by atoms with Gasteiger partial charge in [0.1, 0.15) is 11.6 Å². The Morgan fingerprint density at radius 2 is 2.22 bits per heavy atom. The molecule has 6 nitrogen and oxygen atoms in total. The molecule has 1 aromatic heterocycles. The van der Waals surface area contributed by atoms with E-state index in [2.05, 4.69) is 10.3 Å². The summed E-state index contributed by atoms with van der Waals surface area (Å²) in [7, 11) is 0. The molecular weight excluding hydrogens is 316 g/mol. The fourth-order valence-corrected chi connectivity index (χ4v) is 2.67. The number of carboxylic acid groups (broad SMARTS) is 1. The number of nitrogens with zero attached hydrogens (tertiary/aromatic N) is 1. The minimum absolute atomic E-state index is 0.0387. The Morgan fingerprint density at radius 1 is 1.39 bits per heavy atom. The Morgan fingerprint density at radius 3 is 2.91 bits per heavy atom. The van der Waals surface area contributed by atoms with Crippen molar-refractivity contribution in [3.8, 4) is 10.6 Å². The van der Waals surface area contributed by atoms with Crippen molar-refractivity contribution in [3.63, 3.8) is 0 Å². The van der Waals surface area contributed by atoms with Gasteiger partial charge < -0.3 is 15.2 Å². The second-order valence-corrected chi connectivity index (χ2v) is 5.73. The lowest BCUT2D eigenvalue weighted by atomic mass is 10.1. The van der Waals surface area contributed by atoms with Crippen LogP contribution in [0.25, 0.3) is 10.6 Å². The Kier molecular flexibility index (Phi) is 6.25. The van der Waals surface area contributed by atoms with Gasteiger partial charge in [0.05, 0.1) is 0 Å². The number of carbonyl (C=O) groups excluding carboxylic acids is 1. The number of aromatic carboxylic acids is 1. The number of ether oxygens (including phenoxy) is 1. The summed E-state index contributed by atoms with van der Waals surface area (Å²) in [6.45, 7) is 3.00. The average molecular weight is 334 g/mol. The van der Waals surface area contributed by atoms with Crippen molar-refractivity contribution in [2.24, 2.45) is 0 Å². The van der Waals surface area contributed by atoms with Crippen LogP contribution in [0.15, 0.2) is 29.6 Å². The fourth-order valence-electron chi connectivity index (χ4n) is 1.88. The van der Waals surface area contributed by atoms with E-state index in [-0.39, 0.29) is 18.2 Å². The van der Waals surface area contributed by atoms with Gasteiger partial charge in [-0.05, 0) is 18.1 Å². The summed E-state index contributed by atoms with van der Waals surface area (Å²) in [5, 5.41) is 13.9. The number of rotatable bonds is 8. The van der Waals surface area contributed by atoms with Crippen LogP contribution < -0.4 is 5.32 Å². The summed E-state index contributed by atoms with van der Waals surface area (Å²) >= 11 is 1.28. The van der Waals surface area contributed by atoms with E-state index in [1.807, 2.05) is 31.2 Å². The van der Waals surface area contributed by atoms with E-state index in [0.717, 1.165) is 17.5 Å². The zero-order valence-electron chi connectivity index (χ0n) is 12.7. The molecule has 0 saturated carbocycles. The molecule has 2 aromatic rings. The number of hydrogen-bond donors (Lipinski definition) is 2. The van der Waals surface area contributed by atoms with E-state index in [0.29, 0.717) is 18.2 Å². The van der Waals surface area contributed by atoms with E-state index >= 15 is 0 Å². The SMILES string of the molecule is CCCOCC(=O)NCc1cccc(-c2nc(C(=O)O)cs2)c1. The van der Waals surface area contributed by atoms with Crippen molar-refractivity contribution in [2.75, 3.05) is 13.2 Å². The topological polar surface area (TPSA) is 88.5 Å². The highest BCUT2D eigenvalue weighted by atomic mass is 32.1. The summed E-state index contributed by atoms with van der Waals surface area (Å²) in [4.78, 5) is 26.6. The number of nitrogens with one attached hydrogen (secondary N) is 1. The Balaban J connectivity index is 1.96. The molecule has 0 spiro atoms. The van der Waals surface area contributed by atoms with Crippen molar-refractivity contribution in [1.29, 1.82) is 0 Å². The molecule has 0 unspecified atom stereocenters. The first kappa shape index (κ1) is 17.1. The second-order valence-electron chi connectivity index (χ2n) is 4.87. The van der Waals surface area contributed by atoms with Crippen molar-refractivity contribution in [1.82, 2.24) is 10.3 Å². The smallest absolute Gasteiger partial charge is 0.355 e. The van der Waals surface area contributed by atoms with Gasteiger partial charge in [0.25, 0.3) is 0 Å². The molecular formula is C16H18N2O4S. The lowest BCUT2D eigenvalue weighted by molar-refractivity contribution is -0.125. The number of benzene rings is 1. The minimum Gasteiger partial charge on any atom is -0.476 e. The Labute approximate surface area is 138 Å². The van der Waals surface area contributed by atoms with Gasteiger partial charge in [-0.15, -0.1) is 11.3 Å². The second kappa shape index (κ2) is 8.40. The molecule has 0 aliphatic rings. The first-order valence-corrected chi connectivity index (χ1v) is 8.10. The highest BCUT2D eigenvalue weighted by Gasteiger charge is 2.10. The van der Waals surface area contributed by atoms with Crippen molar-refractivity contribution in [3.05, 3.63) is 40.9 Å². The highest BCUT2D eigenvalue weighted by Crippen LogP contribution is 2.24. The zero-order chi connectivity index (χ0) is 16.7. The molecule has 0 bridgehead atoms. The van der Waals surface area contributed by atoms with Crippen LogP contribution in [0.3, 0.4) is 0 Å². The summed E-state index contributed by atoms with van der Waals surface area (Å²) in [5.74, 6) is -1.20.